The van der Waals surface area contributed by atoms with Gasteiger partial charge in [-0.3, -0.25) is 9.59 Å². The smallest absolute Gasteiger partial charge is 0.312 e. The summed E-state index contributed by atoms with van der Waals surface area (Å²) in [6.45, 7) is 16.9. The van der Waals surface area contributed by atoms with E-state index in [1.54, 1.807) is 12.7 Å². The summed E-state index contributed by atoms with van der Waals surface area (Å²) in [6.07, 6.45) is 12.0. The molecule has 5 aliphatic carbocycles. The third kappa shape index (κ3) is 2.76. The first-order valence-electron chi connectivity index (χ1n) is 14.1. The fourth-order valence-corrected chi connectivity index (χ4v) is 10.8. The molecule has 0 radical (unpaired) electrons. The molecule has 4 fully saturated rings. The lowest BCUT2D eigenvalue weighted by molar-refractivity contribution is -0.191. The van der Waals surface area contributed by atoms with Gasteiger partial charge in [-0.1, -0.05) is 60.1 Å². The van der Waals surface area contributed by atoms with Crippen LogP contribution >= 0.6 is 0 Å². The number of methoxy groups -OCH3 is 1. The molecule has 9 atom stereocenters. The number of rotatable bonds is 1. The number of esters is 1. The zero-order valence-corrected chi connectivity index (χ0v) is 23.1. The van der Waals surface area contributed by atoms with Gasteiger partial charge in [0.15, 0.2) is 0 Å². The van der Waals surface area contributed by atoms with Gasteiger partial charge in [0.25, 0.3) is 0 Å². The Morgan fingerprint density at radius 2 is 1.65 bits per heavy atom. The molecule has 3 nitrogen and oxygen atoms in total. The first kappa shape index (κ1) is 24.6. The zero-order valence-electron chi connectivity index (χ0n) is 23.1. The van der Waals surface area contributed by atoms with E-state index in [0.717, 1.165) is 51.4 Å². The number of carbonyl (C=O) groups excluding carboxylic acids is 2. The molecular formula is C31H48O3. The minimum atomic E-state index is -0.338. The van der Waals surface area contributed by atoms with Crippen LogP contribution in [0.2, 0.25) is 0 Å². The minimum absolute atomic E-state index is 0.0367. The summed E-state index contributed by atoms with van der Waals surface area (Å²) in [4.78, 5) is 26.3. The van der Waals surface area contributed by atoms with Gasteiger partial charge in [0.1, 0.15) is 5.78 Å². The first-order chi connectivity index (χ1) is 15.8. The van der Waals surface area contributed by atoms with Gasteiger partial charge in [0, 0.05) is 11.8 Å². The van der Waals surface area contributed by atoms with Gasteiger partial charge >= 0.3 is 5.97 Å². The molecule has 0 saturated heterocycles. The van der Waals surface area contributed by atoms with Gasteiger partial charge in [-0.25, -0.2) is 0 Å². The molecular weight excluding hydrogens is 420 g/mol. The van der Waals surface area contributed by atoms with E-state index in [2.05, 4.69) is 54.5 Å². The summed E-state index contributed by atoms with van der Waals surface area (Å²) in [6, 6.07) is 0. The van der Waals surface area contributed by atoms with E-state index < -0.39 is 0 Å². The van der Waals surface area contributed by atoms with Crippen molar-refractivity contribution in [2.45, 2.75) is 106 Å². The summed E-state index contributed by atoms with van der Waals surface area (Å²) in [7, 11) is 1.59. The quantitative estimate of drug-likeness (QED) is 0.298. The summed E-state index contributed by atoms with van der Waals surface area (Å²) in [5.41, 5.74) is 1.58. The Bertz CT molecular complexity index is 931. The topological polar surface area (TPSA) is 43.4 Å². The van der Waals surface area contributed by atoms with Crippen LogP contribution in [-0.2, 0) is 14.3 Å². The predicted octanol–water partition coefficient (Wildman–Crippen LogP) is 7.39. The molecule has 0 amide bonds. The van der Waals surface area contributed by atoms with Crippen molar-refractivity contribution in [2.75, 3.05) is 7.11 Å². The molecule has 4 saturated carbocycles. The summed E-state index contributed by atoms with van der Waals surface area (Å²) in [5.74, 6) is 3.02. The standard InChI is InChI=1S/C31H48O3/c1-19-11-16-31(26(33)34-8)18-17-29(6)21(25(31)20(19)2)9-10-23-28(5)14-13-24(32)27(3,4)22(28)12-15-30(23,29)7/h9,19-20,22-23,25H,10-18H2,1-8H3/t19-,20+,22?,23?,25+,28+,29-,30-,31+/m1/s1. The predicted molar refractivity (Wildman–Crippen MR) is 136 cm³/mol. The van der Waals surface area contributed by atoms with Gasteiger partial charge in [-0.05, 0) is 97.2 Å². The van der Waals surface area contributed by atoms with E-state index in [9.17, 15) is 9.59 Å². The van der Waals surface area contributed by atoms with Crippen LogP contribution in [0.4, 0.5) is 0 Å². The molecule has 0 aromatic carbocycles. The molecule has 34 heavy (non-hydrogen) atoms. The van der Waals surface area contributed by atoms with E-state index in [0.29, 0.717) is 35.4 Å². The van der Waals surface area contributed by atoms with Crippen molar-refractivity contribution < 1.29 is 14.3 Å². The minimum Gasteiger partial charge on any atom is -0.469 e. The number of ether oxygens (including phenoxy) is 1. The van der Waals surface area contributed by atoms with Crippen LogP contribution < -0.4 is 0 Å². The van der Waals surface area contributed by atoms with Crippen molar-refractivity contribution in [1.82, 2.24) is 0 Å². The van der Waals surface area contributed by atoms with Gasteiger partial charge < -0.3 is 4.74 Å². The SMILES string of the molecule is COC(=O)[C@]12CC[C@@H](C)[C@H](C)[C@H]1C1=CCC3[C@@]4(C)CCC(=O)C(C)(C)C4CC[C@@]3(C)[C@]1(C)CC2. The van der Waals surface area contributed by atoms with Crippen molar-refractivity contribution in [1.29, 1.82) is 0 Å². The Morgan fingerprint density at radius 3 is 2.32 bits per heavy atom. The van der Waals surface area contributed by atoms with Crippen molar-refractivity contribution in [2.24, 2.45) is 56.7 Å². The summed E-state index contributed by atoms with van der Waals surface area (Å²) >= 11 is 0. The molecule has 0 spiro atoms. The number of fused-ring (bicyclic) bond motifs is 7. The molecule has 5 aliphatic rings. The second-order valence-electron chi connectivity index (χ2n) is 14.4. The molecule has 2 unspecified atom stereocenters. The molecule has 0 heterocycles. The average Bonchev–Trinajstić information content (AvgIpc) is 2.79. The normalized spacial score (nSPS) is 51.8. The lowest BCUT2D eigenvalue weighted by Gasteiger charge is -2.70. The first-order valence-corrected chi connectivity index (χ1v) is 14.1. The van der Waals surface area contributed by atoms with Gasteiger partial charge in [-0.2, -0.15) is 0 Å². The number of allylic oxidation sites excluding steroid dienone is 2. The van der Waals surface area contributed by atoms with E-state index >= 15 is 0 Å². The van der Waals surface area contributed by atoms with Crippen LogP contribution in [0.3, 0.4) is 0 Å². The van der Waals surface area contributed by atoms with Crippen molar-refractivity contribution in [3.05, 3.63) is 11.6 Å². The molecule has 190 valence electrons. The van der Waals surface area contributed by atoms with Crippen molar-refractivity contribution >= 4 is 11.8 Å². The van der Waals surface area contributed by atoms with Crippen LogP contribution in [0.25, 0.3) is 0 Å². The van der Waals surface area contributed by atoms with Crippen LogP contribution in [0.1, 0.15) is 106 Å². The maximum absolute atomic E-state index is 13.4. The Labute approximate surface area is 207 Å². The molecule has 0 N–H and O–H groups in total. The van der Waals surface area contributed by atoms with E-state index in [1.165, 1.54) is 6.42 Å². The maximum Gasteiger partial charge on any atom is 0.312 e. The summed E-state index contributed by atoms with van der Waals surface area (Å²) in [5, 5.41) is 0. The Kier molecular flexibility index (Phi) is 5.38. The summed E-state index contributed by atoms with van der Waals surface area (Å²) < 4.78 is 5.50. The molecule has 0 aromatic heterocycles. The van der Waals surface area contributed by atoms with Gasteiger partial charge in [0.2, 0.25) is 0 Å². The molecule has 0 bridgehead atoms. The highest BCUT2D eigenvalue weighted by Gasteiger charge is 2.69. The molecule has 0 aromatic rings. The molecule has 3 heteroatoms. The van der Waals surface area contributed by atoms with Crippen LogP contribution in [0, 0.1) is 56.7 Å². The number of hydrogen-bond donors (Lipinski definition) is 0. The second kappa shape index (κ2) is 7.45. The van der Waals surface area contributed by atoms with Crippen LogP contribution in [0.15, 0.2) is 11.6 Å². The van der Waals surface area contributed by atoms with Crippen molar-refractivity contribution in [3.63, 3.8) is 0 Å². The lowest BCUT2D eigenvalue weighted by Crippen LogP contribution is -2.65. The maximum atomic E-state index is 13.4. The van der Waals surface area contributed by atoms with E-state index in [1.807, 2.05) is 0 Å². The fourth-order valence-electron chi connectivity index (χ4n) is 10.8. The average molecular weight is 469 g/mol. The second-order valence-corrected chi connectivity index (χ2v) is 14.4. The lowest BCUT2D eigenvalue weighted by atomic mass is 9.33. The van der Waals surface area contributed by atoms with Crippen molar-refractivity contribution in [3.8, 4) is 0 Å². The van der Waals surface area contributed by atoms with Crippen LogP contribution in [-0.4, -0.2) is 18.9 Å². The Morgan fingerprint density at radius 1 is 0.941 bits per heavy atom. The molecule has 0 aliphatic heterocycles. The monoisotopic (exact) mass is 468 g/mol. The van der Waals surface area contributed by atoms with Crippen LogP contribution in [0.5, 0.6) is 0 Å². The fraction of sp³-hybridized carbons (Fsp3) is 0.871. The van der Waals surface area contributed by atoms with Gasteiger partial charge in [-0.15, -0.1) is 0 Å². The highest BCUT2D eigenvalue weighted by molar-refractivity contribution is 5.85. The molecule has 5 rings (SSSR count). The number of hydrogen-bond acceptors (Lipinski definition) is 3. The largest absolute Gasteiger partial charge is 0.469 e. The third-order valence-corrected chi connectivity index (χ3v) is 13.3. The Hall–Kier alpha value is -1.12. The number of carbonyl (C=O) groups is 2. The van der Waals surface area contributed by atoms with E-state index in [-0.39, 0.29) is 33.0 Å². The number of Topliss-reactive ketones (excluding diaryl/α,β-unsaturated/α-hetero) is 1. The zero-order chi connectivity index (χ0) is 24.9. The number of ketones is 1. The highest BCUT2D eigenvalue weighted by atomic mass is 16.5. The van der Waals surface area contributed by atoms with E-state index in [4.69, 9.17) is 4.74 Å². The Balaban J connectivity index is 1.62. The third-order valence-electron chi connectivity index (χ3n) is 13.3. The highest BCUT2D eigenvalue weighted by Crippen LogP contribution is 2.75. The van der Waals surface area contributed by atoms with Gasteiger partial charge in [0.05, 0.1) is 12.5 Å².